The summed E-state index contributed by atoms with van der Waals surface area (Å²) in [6.07, 6.45) is -5.95. The number of aryl methyl sites for hydroxylation is 2. The highest BCUT2D eigenvalue weighted by atomic mass is 31.2. The Morgan fingerprint density at radius 1 is 0.841 bits per heavy atom. The molecule has 32 heteroatoms. The highest BCUT2D eigenvalue weighted by Gasteiger charge is 2.41. The molecule has 5 N–H and O–H groups in total. The zero-order chi connectivity index (χ0) is 63.9. The van der Waals surface area contributed by atoms with E-state index in [0.717, 1.165) is 15.4 Å². The number of aromatic nitrogens is 4. The van der Waals surface area contributed by atoms with Gasteiger partial charge in [-0.15, -0.1) is 0 Å². The molecule has 0 amide bonds. The highest BCUT2D eigenvalue weighted by Crippen LogP contribution is 2.44. The number of carbonyl (C=O) groups is 3. The van der Waals surface area contributed by atoms with Gasteiger partial charge in [-0.2, -0.15) is 5.26 Å². The minimum Gasteiger partial charge on any atom is -0.434 e. The third-order valence-electron chi connectivity index (χ3n) is 11.9. The second-order valence-corrected chi connectivity index (χ2v) is 20.4. The largest absolute Gasteiger partial charge is 0.509 e. The van der Waals surface area contributed by atoms with Crippen molar-refractivity contribution in [1.82, 2.24) is 24.2 Å². The lowest BCUT2D eigenvalue weighted by Crippen LogP contribution is -2.33. The normalized spacial score (nSPS) is 20.0. The molecule has 2 fully saturated rings. The summed E-state index contributed by atoms with van der Waals surface area (Å²) in [6.45, 7) is 6.26. The van der Waals surface area contributed by atoms with Gasteiger partial charge < -0.3 is 57.0 Å². The minimum absolute atomic E-state index is 0.0105. The van der Waals surface area contributed by atoms with Crippen molar-refractivity contribution in [2.45, 2.75) is 116 Å². The molecule has 6 rings (SSSR count). The fraction of sp³-hybridized carbons (Fsp3) is 0.520. The van der Waals surface area contributed by atoms with Gasteiger partial charge in [0.1, 0.15) is 49.3 Å². The van der Waals surface area contributed by atoms with Gasteiger partial charge in [0.15, 0.2) is 8.38 Å². The van der Waals surface area contributed by atoms with E-state index in [1.54, 1.807) is 25.5 Å². The van der Waals surface area contributed by atoms with Crippen molar-refractivity contribution in [1.29, 1.82) is 8.12 Å². The van der Waals surface area contributed by atoms with Crippen LogP contribution in [0.4, 0.5) is 21.0 Å². The van der Waals surface area contributed by atoms with Gasteiger partial charge in [-0.1, -0.05) is 39.1 Å². The van der Waals surface area contributed by atoms with Crippen LogP contribution in [0.3, 0.4) is 0 Å². The number of nitro benzene ring substituents is 2. The first-order valence-corrected chi connectivity index (χ1v) is 27.8. The molecule has 0 saturated carbocycles. The van der Waals surface area contributed by atoms with Crippen LogP contribution >= 0.6 is 16.7 Å². The Morgan fingerprint density at radius 3 is 1.84 bits per heavy atom. The van der Waals surface area contributed by atoms with E-state index in [4.69, 9.17) is 52.9 Å². The summed E-state index contributed by atoms with van der Waals surface area (Å²) in [5.41, 5.74) is -2.06. The molecule has 4 aromatic rings. The van der Waals surface area contributed by atoms with E-state index in [-0.39, 0.29) is 98.8 Å². The Hall–Kier alpha value is -7.16. The van der Waals surface area contributed by atoms with E-state index >= 15 is 0 Å². The number of aldehydes is 1. The number of ether oxygens (including phenoxy) is 6. The fourth-order valence-corrected chi connectivity index (χ4v) is 9.91. The molecule has 2 aliphatic heterocycles. The fourth-order valence-electron chi connectivity index (χ4n) is 8.01. The van der Waals surface area contributed by atoms with Crippen LogP contribution in [0.1, 0.15) is 103 Å². The molecular formula is C50H68N8O22P2. The summed E-state index contributed by atoms with van der Waals surface area (Å²) < 4.78 is 78.2. The molecule has 0 radical (unpaired) electrons. The zero-order valence-electron chi connectivity index (χ0n) is 49.6. The maximum atomic E-state index is 12.9. The minimum atomic E-state index is -1.52. The van der Waals surface area contributed by atoms with Gasteiger partial charge in [-0.05, 0) is 32.6 Å². The van der Waals surface area contributed by atoms with E-state index < -0.39 is 110 Å². The number of nitriles is 1. The summed E-state index contributed by atoms with van der Waals surface area (Å²) >= 11 is 0. The molecule has 4 heterocycles. The quantitative estimate of drug-likeness (QED) is 0.0109. The van der Waals surface area contributed by atoms with E-state index in [2.05, 4.69) is 25.3 Å². The molecular weight excluding hydrogens is 1130 g/mol. The lowest BCUT2D eigenvalue weighted by molar-refractivity contribution is -0.386. The number of rotatable bonds is 29. The topological polar surface area (TPSA) is 407 Å². The Labute approximate surface area is 477 Å². The molecule has 450 valence electrons. The first-order chi connectivity index (χ1) is 41.3. The second-order valence-electron chi connectivity index (χ2n) is 17.5. The maximum Gasteiger partial charge on any atom is 0.509 e. The SMILES string of the molecule is [2H]OC[C@H]1O[C@@H](n2cc(C)c(=O)[nH]c2=O)CC1OC(=O)OC(CCOP(C)NCCC=O)c1ccccc1[N+](=O)[O-].[2H]OC[C@H]1O[C@@H](n2cc(C)c(=O)[nH]c2=O)CC1OC(=O)OCCC(OP(C)OCCC#N)c1ccccc1[N+](=O)[O-].[3H]C.[3H]C. The Kier molecular flexibility index (Phi) is 26.1. The third kappa shape index (κ3) is 20.1. The van der Waals surface area contributed by atoms with Gasteiger partial charge in [0.05, 0.1) is 80.9 Å². The number of benzene rings is 2. The summed E-state index contributed by atoms with van der Waals surface area (Å²) in [5, 5.41) is 43.8. The average Bonchev–Trinajstić information content (AvgIpc) is 2.35. The maximum absolute atomic E-state index is 12.9. The summed E-state index contributed by atoms with van der Waals surface area (Å²) in [6, 6.07) is 13.7. The summed E-state index contributed by atoms with van der Waals surface area (Å²) in [5.74, 6) is 0. The number of para-hydroxylation sites is 2. The molecule has 10 atom stereocenters. The smallest absolute Gasteiger partial charge is 0.434 e. The van der Waals surface area contributed by atoms with E-state index in [1.165, 1.54) is 77.4 Å². The van der Waals surface area contributed by atoms with Crippen LogP contribution in [-0.2, 0) is 46.8 Å². The van der Waals surface area contributed by atoms with Gasteiger partial charge in [-0.25, -0.2) is 19.2 Å². The van der Waals surface area contributed by atoms with Crippen molar-refractivity contribution in [3.8, 4) is 6.07 Å². The van der Waals surface area contributed by atoms with Crippen LogP contribution < -0.4 is 27.6 Å². The van der Waals surface area contributed by atoms with Crippen molar-refractivity contribution >= 4 is 46.6 Å². The zero-order valence-corrected chi connectivity index (χ0v) is 47.4. The number of aliphatic hydroxyl groups excluding tert-OH is 2. The predicted octanol–water partition coefficient (Wildman–Crippen LogP) is 5.67. The third-order valence-corrected chi connectivity index (χ3v) is 14.3. The Bertz CT molecular complexity index is 3100. The number of nitro groups is 2. The molecule has 0 bridgehead atoms. The Balaban J connectivity index is 0.000000426. The molecule has 0 aliphatic carbocycles. The lowest BCUT2D eigenvalue weighted by Gasteiger charge is -2.22. The van der Waals surface area contributed by atoms with E-state index in [1.807, 2.05) is 6.07 Å². The standard InChI is InChI=1S/C24H29N4O11P.C24H31N4O11P.2CH4/c1-15-13-27(23(31)26-22(15)30)21-12-19(20(14-29)37-21)38-24(32)35-11-8-18(39-40(2)36-10-5-9-25)16-6-3-4-7-17(16)28(33)34;1-15-13-27(23(32)26-22(15)31)21-12-19(20(14-30)37-21)39-24(33)38-18(8-11-36-40(2)25-9-5-10-29)16-6-3-4-7-17(16)28(34)35;;/h3-4,6-7,13,18-21,29H,5,8,10-12,14H2,1-2H3,(H,26,30,31);3-4,6-7,10,13,18-21,25,30H,5,8-9,11-12,14H2,1-2H3,(H,26,31,32);2*1H4/t2*18?,19?,20-,21-,40?;;/m11../s1/i29D;30D;2*1T. The Morgan fingerprint density at radius 2 is 1.34 bits per heavy atom. The van der Waals surface area contributed by atoms with Gasteiger partial charge in [0.2, 0.25) is 2.86 Å². The van der Waals surface area contributed by atoms with Crippen LogP contribution in [0.5, 0.6) is 0 Å². The van der Waals surface area contributed by atoms with Gasteiger partial charge >= 0.3 is 23.7 Å². The van der Waals surface area contributed by atoms with Crippen LogP contribution in [0.2, 0.25) is 0 Å². The molecule has 2 saturated heterocycles. The first kappa shape index (κ1) is 62.4. The van der Waals surface area contributed by atoms with Crippen LogP contribution in [0, 0.1) is 45.4 Å². The summed E-state index contributed by atoms with van der Waals surface area (Å²) in [7, 11) is -0.119. The van der Waals surface area contributed by atoms with Crippen LogP contribution in [-0.4, -0.2) is 138 Å². The number of nitrogens with one attached hydrogen (secondary N) is 3. The molecule has 0 spiro atoms. The first-order valence-electron chi connectivity index (χ1n) is 27.3. The van der Waals surface area contributed by atoms with Crippen molar-refractivity contribution in [3.63, 3.8) is 0 Å². The number of hydrogen-bond donors (Lipinski definition) is 5. The van der Waals surface area contributed by atoms with Crippen molar-refractivity contribution in [2.75, 3.05) is 52.9 Å². The number of aromatic amines is 2. The summed E-state index contributed by atoms with van der Waals surface area (Å²) in [4.78, 5) is 110. The molecule has 30 nitrogen and oxygen atoms in total. The molecule has 2 aromatic carbocycles. The van der Waals surface area contributed by atoms with Gasteiger partial charge in [-0.3, -0.25) is 54.0 Å². The molecule has 82 heavy (non-hydrogen) atoms. The molecule has 2 aliphatic rings. The van der Waals surface area contributed by atoms with E-state index in [9.17, 15) is 53.8 Å². The van der Waals surface area contributed by atoms with Crippen molar-refractivity contribution < 1.29 is 79.2 Å². The van der Waals surface area contributed by atoms with Crippen LogP contribution in [0.25, 0.3) is 0 Å². The number of H-pyrrole nitrogens is 2. The van der Waals surface area contributed by atoms with Crippen LogP contribution in [0.15, 0.2) is 80.1 Å². The number of hydrogen-bond acceptors (Lipinski definition) is 24. The number of aliphatic hydroxyl groups is 2. The predicted molar refractivity (Wildman–Crippen MR) is 293 cm³/mol. The average molecular weight is 1200 g/mol. The van der Waals surface area contributed by atoms with Gasteiger partial charge in [0.25, 0.3) is 22.5 Å². The monoisotopic (exact) mass is 1200 g/mol. The van der Waals surface area contributed by atoms with E-state index in [0.29, 0.717) is 13.0 Å². The number of carbonyl (C=O) groups excluding carboxylic acids is 3. The van der Waals surface area contributed by atoms with Crippen molar-refractivity contribution in [3.05, 3.63) is 145 Å². The van der Waals surface area contributed by atoms with Gasteiger partial charge in [0, 0.05) is 83.7 Å². The molecule has 6 unspecified atom stereocenters. The highest BCUT2D eigenvalue weighted by molar-refractivity contribution is 7.49. The lowest BCUT2D eigenvalue weighted by atomic mass is 10.0. The van der Waals surface area contributed by atoms with Crippen molar-refractivity contribution in [2.24, 2.45) is 0 Å². The number of nitrogens with zero attached hydrogens (tertiary/aromatic N) is 5. The second kappa shape index (κ2) is 34.3. The molecule has 2 aromatic heterocycles.